The number of anilines is 1. The number of nitrogens with one attached hydrogen (secondary N) is 2. The molecule has 0 bridgehead atoms. The average molecular weight is 251 g/mol. The van der Waals surface area contributed by atoms with Crippen LogP contribution in [0.15, 0.2) is 12.1 Å². The molecule has 0 fully saturated rings. The summed E-state index contributed by atoms with van der Waals surface area (Å²) >= 11 is 0. The van der Waals surface area contributed by atoms with Crippen molar-refractivity contribution in [3.8, 4) is 0 Å². The van der Waals surface area contributed by atoms with Gasteiger partial charge in [0.15, 0.2) is 0 Å². The van der Waals surface area contributed by atoms with Gasteiger partial charge in [-0.05, 0) is 26.0 Å². The molecule has 6 heteroatoms. The van der Waals surface area contributed by atoms with Crippen molar-refractivity contribution in [3.05, 3.63) is 23.4 Å². The zero-order valence-corrected chi connectivity index (χ0v) is 10.9. The second-order valence-corrected chi connectivity index (χ2v) is 3.80. The van der Waals surface area contributed by atoms with Crippen LogP contribution in [0.2, 0.25) is 0 Å². The third kappa shape index (κ3) is 3.19. The molecule has 1 heterocycles. The van der Waals surface area contributed by atoms with E-state index in [-0.39, 0.29) is 5.91 Å². The van der Waals surface area contributed by atoms with E-state index in [1.54, 1.807) is 33.0 Å². The maximum Gasteiger partial charge on any atom is 0.339 e. The summed E-state index contributed by atoms with van der Waals surface area (Å²) in [6.07, 6.45) is 0. The Bertz CT molecular complexity index is 460. The lowest BCUT2D eigenvalue weighted by atomic mass is 10.2. The molecule has 0 aromatic carbocycles. The molecule has 1 aromatic rings. The number of pyridine rings is 1. The Morgan fingerprint density at radius 1 is 1.39 bits per heavy atom. The highest BCUT2D eigenvalue weighted by atomic mass is 16.5. The summed E-state index contributed by atoms with van der Waals surface area (Å²) in [7, 11) is 2.89. The molecule has 1 amide bonds. The average Bonchev–Trinajstić information content (AvgIpc) is 2.37. The van der Waals surface area contributed by atoms with Crippen molar-refractivity contribution < 1.29 is 14.3 Å². The number of esters is 1. The van der Waals surface area contributed by atoms with E-state index in [4.69, 9.17) is 0 Å². The monoisotopic (exact) mass is 251 g/mol. The number of nitrogens with zero attached hydrogens (tertiary/aromatic N) is 1. The molecule has 0 aliphatic carbocycles. The summed E-state index contributed by atoms with van der Waals surface area (Å²) in [4.78, 5) is 26.9. The van der Waals surface area contributed by atoms with E-state index >= 15 is 0 Å². The van der Waals surface area contributed by atoms with Crippen LogP contribution in [0.1, 0.15) is 23.0 Å². The van der Waals surface area contributed by atoms with Crippen LogP contribution in [0.5, 0.6) is 0 Å². The van der Waals surface area contributed by atoms with Gasteiger partial charge in [0.05, 0.1) is 18.4 Å². The molecule has 1 unspecified atom stereocenters. The van der Waals surface area contributed by atoms with Crippen LogP contribution in [0.3, 0.4) is 0 Å². The molecular weight excluding hydrogens is 234 g/mol. The lowest BCUT2D eigenvalue weighted by Crippen LogP contribution is -2.35. The number of amides is 1. The van der Waals surface area contributed by atoms with E-state index in [1.165, 1.54) is 7.11 Å². The standard InChI is InChI=1S/C12H17N3O3/c1-7-9(12(17)18-4)5-6-10(14-7)15-8(2)11(16)13-3/h5-6,8H,1-4H3,(H,13,16)(H,14,15). The second kappa shape index (κ2) is 6.00. The lowest BCUT2D eigenvalue weighted by molar-refractivity contribution is -0.121. The number of ether oxygens (including phenoxy) is 1. The van der Waals surface area contributed by atoms with Crippen molar-refractivity contribution in [1.82, 2.24) is 10.3 Å². The van der Waals surface area contributed by atoms with Crippen LogP contribution in [-0.4, -0.2) is 37.1 Å². The SMILES string of the molecule is CNC(=O)C(C)Nc1ccc(C(=O)OC)c(C)n1. The summed E-state index contributed by atoms with van der Waals surface area (Å²) in [6, 6.07) is 2.86. The van der Waals surface area contributed by atoms with Gasteiger partial charge in [-0.15, -0.1) is 0 Å². The largest absolute Gasteiger partial charge is 0.465 e. The maximum atomic E-state index is 11.4. The quantitative estimate of drug-likeness (QED) is 0.771. The normalized spacial score (nSPS) is 11.6. The van der Waals surface area contributed by atoms with Crippen LogP contribution in [-0.2, 0) is 9.53 Å². The highest BCUT2D eigenvalue weighted by Gasteiger charge is 2.14. The number of hydrogen-bond donors (Lipinski definition) is 2. The summed E-state index contributed by atoms with van der Waals surface area (Å²) in [6.45, 7) is 3.44. The first-order chi connectivity index (χ1) is 8.49. The van der Waals surface area contributed by atoms with E-state index in [9.17, 15) is 9.59 Å². The first-order valence-corrected chi connectivity index (χ1v) is 5.53. The molecule has 6 nitrogen and oxygen atoms in total. The first-order valence-electron chi connectivity index (χ1n) is 5.53. The van der Waals surface area contributed by atoms with Gasteiger partial charge in [0.1, 0.15) is 11.9 Å². The summed E-state index contributed by atoms with van der Waals surface area (Å²) in [5.74, 6) is -0.0198. The Kier molecular flexibility index (Phi) is 4.65. The van der Waals surface area contributed by atoms with Gasteiger partial charge in [-0.2, -0.15) is 0 Å². The molecule has 0 radical (unpaired) electrons. The Balaban J connectivity index is 2.85. The topological polar surface area (TPSA) is 80.3 Å². The van der Waals surface area contributed by atoms with Gasteiger partial charge in [-0.25, -0.2) is 9.78 Å². The third-order valence-electron chi connectivity index (χ3n) is 2.50. The van der Waals surface area contributed by atoms with E-state index in [2.05, 4.69) is 20.4 Å². The van der Waals surface area contributed by atoms with Crippen molar-refractivity contribution in [2.75, 3.05) is 19.5 Å². The zero-order chi connectivity index (χ0) is 13.7. The van der Waals surface area contributed by atoms with Gasteiger partial charge in [-0.3, -0.25) is 4.79 Å². The Labute approximate surface area is 106 Å². The van der Waals surface area contributed by atoms with Crippen LogP contribution in [0.25, 0.3) is 0 Å². The summed E-state index contributed by atoms with van der Waals surface area (Å²) in [5.41, 5.74) is 0.964. The highest BCUT2D eigenvalue weighted by Crippen LogP contribution is 2.12. The summed E-state index contributed by atoms with van der Waals surface area (Å²) in [5, 5.41) is 5.48. The maximum absolute atomic E-state index is 11.4. The minimum absolute atomic E-state index is 0.133. The highest BCUT2D eigenvalue weighted by molar-refractivity contribution is 5.90. The minimum atomic E-state index is -0.425. The predicted molar refractivity (Wildman–Crippen MR) is 67.5 cm³/mol. The van der Waals surface area contributed by atoms with E-state index in [1.807, 2.05) is 0 Å². The number of likely N-dealkylation sites (N-methyl/N-ethyl adjacent to an activating group) is 1. The number of aryl methyl sites for hydroxylation is 1. The molecule has 1 rings (SSSR count). The predicted octanol–water partition coefficient (Wildman–Crippen LogP) is 0.723. The zero-order valence-electron chi connectivity index (χ0n) is 10.9. The van der Waals surface area contributed by atoms with Crippen LogP contribution in [0.4, 0.5) is 5.82 Å². The van der Waals surface area contributed by atoms with Gasteiger partial charge in [-0.1, -0.05) is 0 Å². The van der Waals surface area contributed by atoms with Gasteiger partial charge in [0.2, 0.25) is 5.91 Å². The van der Waals surface area contributed by atoms with Crippen LogP contribution >= 0.6 is 0 Å². The number of hydrogen-bond acceptors (Lipinski definition) is 5. The molecular formula is C12H17N3O3. The summed E-state index contributed by atoms with van der Waals surface area (Å²) < 4.78 is 4.63. The molecule has 1 aromatic heterocycles. The lowest BCUT2D eigenvalue weighted by Gasteiger charge is -2.13. The van der Waals surface area contributed by atoms with Crippen molar-refractivity contribution in [2.24, 2.45) is 0 Å². The fraction of sp³-hybridized carbons (Fsp3) is 0.417. The fourth-order valence-electron chi connectivity index (χ4n) is 1.47. The number of carbonyl (C=O) groups is 2. The van der Waals surface area contributed by atoms with Gasteiger partial charge in [0.25, 0.3) is 0 Å². The van der Waals surface area contributed by atoms with Gasteiger partial charge >= 0.3 is 5.97 Å². The molecule has 2 N–H and O–H groups in total. The van der Waals surface area contributed by atoms with Crippen molar-refractivity contribution >= 4 is 17.7 Å². The number of methoxy groups -OCH3 is 1. The van der Waals surface area contributed by atoms with Crippen molar-refractivity contribution in [2.45, 2.75) is 19.9 Å². The Morgan fingerprint density at radius 2 is 2.06 bits per heavy atom. The first kappa shape index (κ1) is 14.0. The molecule has 0 saturated carbocycles. The Hall–Kier alpha value is -2.11. The van der Waals surface area contributed by atoms with E-state index in [0.29, 0.717) is 17.1 Å². The molecule has 18 heavy (non-hydrogen) atoms. The molecule has 1 atom stereocenters. The van der Waals surface area contributed by atoms with Crippen molar-refractivity contribution in [3.63, 3.8) is 0 Å². The fourth-order valence-corrected chi connectivity index (χ4v) is 1.47. The second-order valence-electron chi connectivity index (χ2n) is 3.80. The molecule has 0 aliphatic rings. The van der Waals surface area contributed by atoms with Gasteiger partial charge < -0.3 is 15.4 Å². The number of carbonyl (C=O) groups excluding carboxylic acids is 2. The van der Waals surface area contributed by atoms with Crippen LogP contribution in [0, 0.1) is 6.92 Å². The minimum Gasteiger partial charge on any atom is -0.465 e. The molecule has 0 spiro atoms. The van der Waals surface area contributed by atoms with E-state index in [0.717, 1.165) is 0 Å². The number of rotatable bonds is 4. The number of aromatic nitrogens is 1. The third-order valence-corrected chi connectivity index (χ3v) is 2.50. The van der Waals surface area contributed by atoms with Crippen LogP contribution < -0.4 is 10.6 Å². The van der Waals surface area contributed by atoms with E-state index < -0.39 is 12.0 Å². The Morgan fingerprint density at radius 3 is 2.56 bits per heavy atom. The molecule has 98 valence electrons. The smallest absolute Gasteiger partial charge is 0.339 e. The van der Waals surface area contributed by atoms with Gasteiger partial charge in [0, 0.05) is 7.05 Å². The molecule has 0 saturated heterocycles. The molecule has 0 aliphatic heterocycles. The van der Waals surface area contributed by atoms with Crippen molar-refractivity contribution in [1.29, 1.82) is 0 Å².